The van der Waals surface area contributed by atoms with Crippen molar-refractivity contribution in [2.24, 2.45) is 0 Å². The highest BCUT2D eigenvalue weighted by Gasteiger charge is 2.20. The van der Waals surface area contributed by atoms with Gasteiger partial charge in [0.2, 0.25) is 0 Å². The minimum absolute atomic E-state index is 0.0712. The monoisotopic (exact) mass is 316 g/mol. The van der Waals surface area contributed by atoms with E-state index in [1.807, 2.05) is 26.8 Å². The molecule has 0 fully saturated rings. The van der Waals surface area contributed by atoms with Gasteiger partial charge in [0.1, 0.15) is 11.5 Å². The van der Waals surface area contributed by atoms with Gasteiger partial charge in [0.05, 0.1) is 30.9 Å². The molecule has 21 heavy (non-hydrogen) atoms. The van der Waals surface area contributed by atoms with Gasteiger partial charge in [-0.05, 0) is 44.2 Å². The molecule has 5 heteroatoms. The van der Waals surface area contributed by atoms with Crippen LogP contribution in [0.15, 0.2) is 12.1 Å². The summed E-state index contributed by atoms with van der Waals surface area (Å²) in [5, 5.41) is 19.3. The van der Waals surface area contributed by atoms with E-state index in [1.165, 1.54) is 0 Å². The normalized spacial score (nSPS) is 13.8. The highest BCUT2D eigenvalue weighted by Crippen LogP contribution is 2.39. The Bertz CT molecular complexity index is 437. The molecule has 120 valence electrons. The Morgan fingerprint density at radius 2 is 1.71 bits per heavy atom. The largest absolute Gasteiger partial charge is 0.493 e. The van der Waals surface area contributed by atoms with Gasteiger partial charge in [0.15, 0.2) is 0 Å². The van der Waals surface area contributed by atoms with Crippen LogP contribution < -0.4 is 9.47 Å². The second-order valence-electron chi connectivity index (χ2n) is 4.86. The van der Waals surface area contributed by atoms with Crippen molar-refractivity contribution in [3.8, 4) is 11.5 Å². The van der Waals surface area contributed by atoms with Gasteiger partial charge >= 0.3 is 0 Å². The molecule has 0 spiro atoms. The van der Waals surface area contributed by atoms with Crippen LogP contribution in [0.4, 0.5) is 0 Å². The van der Waals surface area contributed by atoms with Crippen LogP contribution in [0.25, 0.3) is 0 Å². The summed E-state index contributed by atoms with van der Waals surface area (Å²) in [5.74, 6) is 1.40. The molecule has 0 bridgehead atoms. The van der Waals surface area contributed by atoms with Crippen molar-refractivity contribution in [2.75, 3.05) is 19.8 Å². The highest BCUT2D eigenvalue weighted by atomic mass is 35.5. The lowest BCUT2D eigenvalue weighted by atomic mass is 9.90. The van der Waals surface area contributed by atoms with E-state index in [9.17, 15) is 5.11 Å². The molecule has 0 aliphatic rings. The topological polar surface area (TPSA) is 58.9 Å². The first kappa shape index (κ1) is 18.1. The van der Waals surface area contributed by atoms with Crippen LogP contribution in [0, 0.1) is 0 Å². The molecule has 0 heterocycles. The Morgan fingerprint density at radius 1 is 1.10 bits per heavy atom. The number of ether oxygens (including phenoxy) is 2. The summed E-state index contributed by atoms with van der Waals surface area (Å²) >= 11 is 6.26. The zero-order valence-corrected chi connectivity index (χ0v) is 13.7. The molecule has 0 aromatic heterocycles. The van der Waals surface area contributed by atoms with E-state index < -0.39 is 6.10 Å². The first-order valence-electron chi connectivity index (χ1n) is 7.45. The molecule has 0 saturated heterocycles. The number of hydrogen-bond acceptors (Lipinski definition) is 4. The second kappa shape index (κ2) is 9.13. The summed E-state index contributed by atoms with van der Waals surface area (Å²) in [6, 6.07) is 3.65. The Kier molecular flexibility index (Phi) is 7.86. The van der Waals surface area contributed by atoms with Crippen LogP contribution >= 0.6 is 11.6 Å². The molecular formula is C16H25ClO4. The van der Waals surface area contributed by atoms with Crippen molar-refractivity contribution in [3.05, 3.63) is 22.7 Å². The molecule has 1 aromatic rings. The zero-order valence-electron chi connectivity index (χ0n) is 12.9. The third kappa shape index (κ3) is 5.06. The second-order valence-corrected chi connectivity index (χ2v) is 5.27. The Balaban J connectivity index is 3.14. The zero-order chi connectivity index (χ0) is 15.8. The van der Waals surface area contributed by atoms with Gasteiger partial charge in [0.25, 0.3) is 0 Å². The van der Waals surface area contributed by atoms with Gasteiger partial charge in [-0.25, -0.2) is 0 Å². The summed E-state index contributed by atoms with van der Waals surface area (Å²) in [5.41, 5.74) is 0.945. The van der Waals surface area contributed by atoms with Crippen molar-refractivity contribution in [2.45, 2.75) is 45.6 Å². The van der Waals surface area contributed by atoms with E-state index in [-0.39, 0.29) is 12.5 Å². The van der Waals surface area contributed by atoms with Crippen LogP contribution in [-0.2, 0) is 0 Å². The number of benzene rings is 1. The van der Waals surface area contributed by atoms with Crippen molar-refractivity contribution in [3.63, 3.8) is 0 Å². The number of halogens is 1. The summed E-state index contributed by atoms with van der Waals surface area (Å²) in [4.78, 5) is 0. The average molecular weight is 317 g/mol. The SMILES string of the molecule is CCOc1cc(OCC)c(C(CC)CC(O)CO)cc1Cl. The first-order valence-corrected chi connectivity index (χ1v) is 7.82. The molecule has 1 aromatic carbocycles. The molecule has 0 aliphatic carbocycles. The highest BCUT2D eigenvalue weighted by molar-refractivity contribution is 6.32. The number of hydrogen-bond donors (Lipinski definition) is 2. The average Bonchev–Trinajstić information content (AvgIpc) is 2.48. The minimum Gasteiger partial charge on any atom is -0.493 e. The molecule has 0 saturated carbocycles. The maximum absolute atomic E-state index is 9.70. The molecule has 0 radical (unpaired) electrons. The van der Waals surface area contributed by atoms with Gasteiger partial charge in [-0.2, -0.15) is 0 Å². The van der Waals surface area contributed by atoms with Crippen LogP contribution in [0.5, 0.6) is 11.5 Å². The van der Waals surface area contributed by atoms with Gasteiger partial charge in [-0.15, -0.1) is 0 Å². The molecule has 2 unspecified atom stereocenters. The number of rotatable bonds is 9. The van der Waals surface area contributed by atoms with Crippen molar-refractivity contribution in [1.29, 1.82) is 0 Å². The molecule has 4 nitrogen and oxygen atoms in total. The van der Waals surface area contributed by atoms with Crippen molar-refractivity contribution >= 4 is 11.6 Å². The van der Waals surface area contributed by atoms with E-state index in [4.69, 9.17) is 26.2 Å². The predicted molar refractivity (Wildman–Crippen MR) is 84.5 cm³/mol. The third-order valence-electron chi connectivity index (χ3n) is 3.36. The van der Waals surface area contributed by atoms with Crippen molar-refractivity contribution in [1.82, 2.24) is 0 Å². The van der Waals surface area contributed by atoms with E-state index in [0.717, 1.165) is 17.7 Å². The molecule has 2 atom stereocenters. The van der Waals surface area contributed by atoms with E-state index in [1.54, 1.807) is 6.07 Å². The standard InChI is InChI=1S/C16H25ClO4/c1-4-11(7-12(19)10-18)13-8-14(17)16(21-6-3)9-15(13)20-5-2/h8-9,11-12,18-19H,4-7,10H2,1-3H3. The van der Waals surface area contributed by atoms with Crippen molar-refractivity contribution < 1.29 is 19.7 Å². The molecule has 0 amide bonds. The summed E-state index contributed by atoms with van der Waals surface area (Å²) in [7, 11) is 0. The maximum atomic E-state index is 9.70. The fraction of sp³-hybridized carbons (Fsp3) is 0.625. The molecular weight excluding hydrogens is 292 g/mol. The lowest BCUT2D eigenvalue weighted by Gasteiger charge is -2.22. The smallest absolute Gasteiger partial charge is 0.141 e. The molecule has 0 aliphatic heterocycles. The summed E-state index contributed by atoms with van der Waals surface area (Å²) in [6.07, 6.45) is 0.550. The minimum atomic E-state index is -0.741. The van der Waals surface area contributed by atoms with Gasteiger partial charge in [-0.3, -0.25) is 0 Å². The fourth-order valence-electron chi connectivity index (χ4n) is 2.33. The number of aliphatic hydroxyl groups is 2. The van der Waals surface area contributed by atoms with E-state index in [0.29, 0.717) is 30.4 Å². The summed E-state index contributed by atoms with van der Waals surface area (Å²) < 4.78 is 11.2. The Labute approximate surface area is 131 Å². The Morgan fingerprint density at radius 3 is 2.24 bits per heavy atom. The van der Waals surface area contributed by atoms with Crippen LogP contribution in [-0.4, -0.2) is 36.1 Å². The number of aliphatic hydroxyl groups excluding tert-OH is 2. The van der Waals surface area contributed by atoms with Gasteiger partial charge in [-0.1, -0.05) is 18.5 Å². The summed E-state index contributed by atoms with van der Waals surface area (Å²) in [6.45, 7) is 6.68. The lowest BCUT2D eigenvalue weighted by Crippen LogP contribution is -2.17. The van der Waals surface area contributed by atoms with Crippen LogP contribution in [0.1, 0.15) is 45.1 Å². The van der Waals surface area contributed by atoms with Crippen LogP contribution in [0.2, 0.25) is 5.02 Å². The van der Waals surface area contributed by atoms with Crippen LogP contribution in [0.3, 0.4) is 0 Å². The quantitative estimate of drug-likeness (QED) is 0.733. The lowest BCUT2D eigenvalue weighted by molar-refractivity contribution is 0.0814. The van der Waals surface area contributed by atoms with E-state index >= 15 is 0 Å². The van der Waals surface area contributed by atoms with Gasteiger partial charge < -0.3 is 19.7 Å². The molecule has 2 N–H and O–H groups in total. The van der Waals surface area contributed by atoms with Gasteiger partial charge in [0, 0.05) is 6.07 Å². The third-order valence-corrected chi connectivity index (χ3v) is 3.66. The predicted octanol–water partition coefficient (Wildman–Crippen LogP) is 3.37. The van der Waals surface area contributed by atoms with E-state index in [2.05, 4.69) is 0 Å². The molecule has 1 rings (SSSR count). The fourth-order valence-corrected chi connectivity index (χ4v) is 2.56. The first-order chi connectivity index (χ1) is 10.1. The Hall–Kier alpha value is -0.970. The maximum Gasteiger partial charge on any atom is 0.141 e.